The van der Waals surface area contributed by atoms with Crippen molar-refractivity contribution >= 4 is 15.9 Å². The number of carbonyl (C=O) groups excluding carboxylic acids is 1. The molecule has 142 valence electrons. The van der Waals surface area contributed by atoms with Crippen LogP contribution in [0.25, 0.3) is 0 Å². The topological polar surface area (TPSA) is 111 Å². The van der Waals surface area contributed by atoms with Gasteiger partial charge in [0.05, 0.1) is 7.11 Å². The second-order valence-electron chi connectivity index (χ2n) is 6.39. The first-order valence-corrected chi connectivity index (χ1v) is 9.84. The highest BCUT2D eigenvalue weighted by Crippen LogP contribution is 2.25. The molecular formula is C17H29N3O4S. The van der Waals surface area contributed by atoms with Gasteiger partial charge in [0.2, 0.25) is 10.0 Å². The highest BCUT2D eigenvalue weighted by atomic mass is 32.2. The Morgan fingerprint density at radius 2 is 1.88 bits per heavy atom. The molecule has 4 N–H and O–H groups in total. The van der Waals surface area contributed by atoms with Crippen molar-refractivity contribution in [1.29, 1.82) is 0 Å². The highest BCUT2D eigenvalue weighted by Gasteiger charge is 2.24. The van der Waals surface area contributed by atoms with Gasteiger partial charge in [-0.2, -0.15) is 0 Å². The van der Waals surface area contributed by atoms with Crippen LogP contribution in [-0.2, 0) is 10.0 Å². The van der Waals surface area contributed by atoms with Gasteiger partial charge >= 0.3 is 0 Å². The lowest BCUT2D eigenvalue weighted by atomic mass is 9.94. The zero-order chi connectivity index (χ0) is 19.3. The minimum atomic E-state index is -3.79. The van der Waals surface area contributed by atoms with Gasteiger partial charge in [-0.3, -0.25) is 4.79 Å². The van der Waals surface area contributed by atoms with Crippen LogP contribution in [0.2, 0.25) is 0 Å². The average molecular weight is 372 g/mol. The second kappa shape index (κ2) is 8.64. The Balaban J connectivity index is 3.11. The van der Waals surface area contributed by atoms with E-state index in [0.29, 0.717) is 6.54 Å². The maximum Gasteiger partial charge on any atom is 0.251 e. The summed E-state index contributed by atoms with van der Waals surface area (Å²) in [6, 6.07) is 4.03. The maximum atomic E-state index is 12.5. The first-order chi connectivity index (χ1) is 11.6. The number of benzene rings is 1. The summed E-state index contributed by atoms with van der Waals surface area (Å²) >= 11 is 0. The predicted octanol–water partition coefficient (Wildman–Crippen LogP) is 1.63. The van der Waals surface area contributed by atoms with Crippen LogP contribution in [0.3, 0.4) is 0 Å². The van der Waals surface area contributed by atoms with Gasteiger partial charge in [-0.15, -0.1) is 0 Å². The van der Waals surface area contributed by atoms with E-state index in [1.165, 1.54) is 25.3 Å². The standard InChI is InChI=1S/C17H29N3O4S/c1-6-17(18,7-2)11-19-16(21)13-8-9-14(24-5)15(10-13)25(22,23)20-12(3)4/h8-10,12,20H,6-7,11,18H2,1-5H3,(H,19,21). The van der Waals surface area contributed by atoms with Crippen molar-refractivity contribution in [2.75, 3.05) is 13.7 Å². The van der Waals surface area contributed by atoms with Gasteiger partial charge in [-0.1, -0.05) is 13.8 Å². The number of amides is 1. The molecule has 0 fully saturated rings. The number of ether oxygens (including phenoxy) is 1. The van der Waals surface area contributed by atoms with Crippen LogP contribution >= 0.6 is 0 Å². The molecule has 0 saturated carbocycles. The Labute approximate surface area is 150 Å². The van der Waals surface area contributed by atoms with Crippen molar-refractivity contribution in [3.63, 3.8) is 0 Å². The molecule has 0 spiro atoms. The van der Waals surface area contributed by atoms with E-state index in [4.69, 9.17) is 10.5 Å². The minimum absolute atomic E-state index is 0.0682. The Morgan fingerprint density at radius 1 is 1.28 bits per heavy atom. The van der Waals surface area contributed by atoms with E-state index in [-0.39, 0.29) is 28.2 Å². The van der Waals surface area contributed by atoms with Crippen LogP contribution in [0.4, 0.5) is 0 Å². The Bertz CT molecular complexity index is 698. The largest absolute Gasteiger partial charge is 0.495 e. The molecule has 1 aromatic carbocycles. The summed E-state index contributed by atoms with van der Waals surface area (Å²) in [5.41, 5.74) is 5.94. The van der Waals surface area contributed by atoms with Crippen molar-refractivity contribution in [3.05, 3.63) is 23.8 Å². The van der Waals surface area contributed by atoms with Crippen LogP contribution in [0.15, 0.2) is 23.1 Å². The van der Waals surface area contributed by atoms with E-state index in [2.05, 4.69) is 10.0 Å². The molecule has 0 bridgehead atoms. The van der Waals surface area contributed by atoms with Crippen LogP contribution in [0.5, 0.6) is 5.75 Å². The molecule has 0 atom stereocenters. The van der Waals surface area contributed by atoms with Gasteiger partial charge in [-0.05, 0) is 44.9 Å². The van der Waals surface area contributed by atoms with Gasteiger partial charge in [-0.25, -0.2) is 13.1 Å². The fraction of sp³-hybridized carbons (Fsp3) is 0.588. The van der Waals surface area contributed by atoms with E-state index in [0.717, 1.165) is 12.8 Å². The third kappa shape index (κ3) is 5.69. The van der Waals surface area contributed by atoms with Crippen molar-refractivity contribution in [3.8, 4) is 5.75 Å². The summed E-state index contributed by atoms with van der Waals surface area (Å²) in [5, 5.41) is 2.78. The summed E-state index contributed by atoms with van der Waals surface area (Å²) in [7, 11) is -2.41. The molecule has 0 aliphatic heterocycles. The molecule has 8 heteroatoms. The van der Waals surface area contributed by atoms with E-state index in [1.807, 2.05) is 13.8 Å². The van der Waals surface area contributed by atoms with Crippen LogP contribution < -0.4 is 20.5 Å². The number of sulfonamides is 1. The molecule has 0 saturated heterocycles. The van der Waals surface area contributed by atoms with Crippen molar-refractivity contribution in [1.82, 2.24) is 10.0 Å². The zero-order valence-corrected chi connectivity index (χ0v) is 16.4. The molecule has 0 unspecified atom stereocenters. The van der Waals surface area contributed by atoms with Gasteiger partial charge in [0, 0.05) is 23.7 Å². The number of nitrogens with one attached hydrogen (secondary N) is 2. The summed E-state index contributed by atoms with van der Waals surface area (Å²) < 4.78 is 32.5. The van der Waals surface area contributed by atoms with Gasteiger partial charge < -0.3 is 15.8 Å². The first kappa shape index (κ1) is 21.4. The minimum Gasteiger partial charge on any atom is -0.495 e. The summed E-state index contributed by atoms with van der Waals surface area (Å²) in [6.07, 6.45) is 1.45. The molecule has 0 aliphatic rings. The van der Waals surface area contributed by atoms with Crippen LogP contribution in [0, 0.1) is 0 Å². The highest BCUT2D eigenvalue weighted by molar-refractivity contribution is 7.89. The van der Waals surface area contributed by atoms with E-state index < -0.39 is 15.6 Å². The number of hydrogen-bond donors (Lipinski definition) is 3. The van der Waals surface area contributed by atoms with Gasteiger partial charge in [0.15, 0.2) is 0 Å². The molecule has 1 rings (SSSR count). The summed E-state index contributed by atoms with van der Waals surface area (Å²) in [6.45, 7) is 7.68. The predicted molar refractivity (Wildman–Crippen MR) is 98.3 cm³/mol. The first-order valence-electron chi connectivity index (χ1n) is 8.36. The molecule has 1 aromatic rings. The second-order valence-corrected chi connectivity index (χ2v) is 8.08. The van der Waals surface area contributed by atoms with Crippen LogP contribution in [0.1, 0.15) is 50.9 Å². The number of carbonyl (C=O) groups is 1. The lowest BCUT2D eigenvalue weighted by Crippen LogP contribution is -2.49. The molecule has 7 nitrogen and oxygen atoms in total. The Kier molecular flexibility index (Phi) is 7.40. The molecule has 0 aliphatic carbocycles. The van der Waals surface area contributed by atoms with Crippen molar-refractivity contribution < 1.29 is 17.9 Å². The molecule has 0 heterocycles. The molecular weight excluding hydrogens is 342 g/mol. The normalized spacial score (nSPS) is 12.3. The van der Waals surface area contributed by atoms with Crippen molar-refractivity contribution in [2.24, 2.45) is 5.73 Å². The Morgan fingerprint density at radius 3 is 2.36 bits per heavy atom. The third-order valence-corrected chi connectivity index (χ3v) is 5.80. The van der Waals surface area contributed by atoms with Gasteiger partial charge in [0.25, 0.3) is 5.91 Å². The quantitative estimate of drug-likeness (QED) is 0.611. The fourth-order valence-electron chi connectivity index (χ4n) is 2.26. The van der Waals surface area contributed by atoms with E-state index in [9.17, 15) is 13.2 Å². The number of rotatable bonds is 9. The fourth-order valence-corrected chi connectivity index (χ4v) is 3.71. The van der Waals surface area contributed by atoms with Crippen molar-refractivity contribution in [2.45, 2.75) is 57.0 Å². The van der Waals surface area contributed by atoms with Crippen LogP contribution in [-0.4, -0.2) is 39.6 Å². The third-order valence-electron chi connectivity index (χ3n) is 4.12. The zero-order valence-electron chi connectivity index (χ0n) is 15.5. The molecule has 0 radical (unpaired) electrons. The lowest BCUT2D eigenvalue weighted by molar-refractivity contribution is 0.0942. The van der Waals surface area contributed by atoms with E-state index in [1.54, 1.807) is 13.8 Å². The lowest BCUT2D eigenvalue weighted by Gasteiger charge is -2.26. The number of methoxy groups -OCH3 is 1. The molecule has 25 heavy (non-hydrogen) atoms. The summed E-state index contributed by atoms with van der Waals surface area (Å²) in [4.78, 5) is 12.3. The Hall–Kier alpha value is -1.64. The molecule has 1 amide bonds. The number of nitrogens with two attached hydrogens (primary N) is 1. The average Bonchev–Trinajstić information content (AvgIpc) is 2.57. The smallest absolute Gasteiger partial charge is 0.251 e. The monoisotopic (exact) mass is 371 g/mol. The van der Waals surface area contributed by atoms with E-state index >= 15 is 0 Å². The molecule has 0 aromatic heterocycles. The van der Waals surface area contributed by atoms with Gasteiger partial charge in [0.1, 0.15) is 10.6 Å². The SMILES string of the molecule is CCC(N)(CC)CNC(=O)c1ccc(OC)c(S(=O)(=O)NC(C)C)c1. The summed E-state index contributed by atoms with van der Waals surface area (Å²) in [5.74, 6) is -0.194. The maximum absolute atomic E-state index is 12.5. The number of hydrogen-bond acceptors (Lipinski definition) is 5.